The highest BCUT2D eigenvalue weighted by Gasteiger charge is 2.17. The summed E-state index contributed by atoms with van der Waals surface area (Å²) in [6.07, 6.45) is 1.07. The zero-order chi connectivity index (χ0) is 15.4. The summed E-state index contributed by atoms with van der Waals surface area (Å²) >= 11 is 12.4. The highest BCUT2D eigenvalue weighted by atomic mass is 79.9. The molecule has 0 amide bonds. The van der Waals surface area contributed by atoms with Gasteiger partial charge in [0.2, 0.25) is 0 Å². The third kappa shape index (κ3) is 4.51. The number of hydrogen-bond acceptors (Lipinski definition) is 0. The fourth-order valence-corrected chi connectivity index (χ4v) is 3.14. The van der Waals surface area contributed by atoms with Gasteiger partial charge in [0.25, 0.3) is 0 Å². The van der Waals surface area contributed by atoms with Crippen LogP contribution in [0.5, 0.6) is 0 Å². The number of rotatable bonds is 5. The summed E-state index contributed by atoms with van der Waals surface area (Å²) in [4.78, 5) is 0. The van der Waals surface area contributed by atoms with Crippen LogP contribution in [0, 0.1) is 17.6 Å². The van der Waals surface area contributed by atoms with Crippen molar-refractivity contribution in [3.63, 3.8) is 0 Å². The fourth-order valence-electron chi connectivity index (χ4n) is 2.18. The normalized spacial score (nSPS) is 12.4. The van der Waals surface area contributed by atoms with E-state index in [1.165, 1.54) is 12.1 Å². The molecule has 0 aliphatic heterocycles. The van der Waals surface area contributed by atoms with E-state index in [-0.39, 0.29) is 11.5 Å². The van der Waals surface area contributed by atoms with Crippen LogP contribution >= 0.6 is 43.5 Å². The molecule has 0 spiro atoms. The van der Waals surface area contributed by atoms with Crippen molar-refractivity contribution < 1.29 is 8.78 Å². The van der Waals surface area contributed by atoms with E-state index in [1.54, 1.807) is 0 Å². The van der Waals surface area contributed by atoms with E-state index < -0.39 is 11.6 Å². The van der Waals surface area contributed by atoms with E-state index in [0.29, 0.717) is 21.2 Å². The fraction of sp³-hybridized carbons (Fsp3) is 0.250. The van der Waals surface area contributed by atoms with Gasteiger partial charge in [-0.05, 0) is 64.5 Å². The average molecular weight is 439 g/mol. The standard InChI is InChI=1S/C16H13Br2ClF2/c17-9-11(7-10-1-3-12(19)4-2-10)8-13-15(20)6-5-14(18)16(13)21/h1-6,11H,7-9H2. The van der Waals surface area contributed by atoms with Gasteiger partial charge in [0.05, 0.1) is 4.47 Å². The lowest BCUT2D eigenvalue weighted by Gasteiger charge is -2.16. The molecule has 2 aromatic carbocycles. The second-order valence-electron chi connectivity index (χ2n) is 4.88. The van der Waals surface area contributed by atoms with E-state index in [4.69, 9.17) is 11.6 Å². The Balaban J connectivity index is 2.16. The van der Waals surface area contributed by atoms with Gasteiger partial charge in [0.15, 0.2) is 0 Å². The van der Waals surface area contributed by atoms with Crippen LogP contribution in [0.25, 0.3) is 0 Å². The molecule has 21 heavy (non-hydrogen) atoms. The third-order valence-corrected chi connectivity index (χ3v) is 5.07. The van der Waals surface area contributed by atoms with Crippen LogP contribution < -0.4 is 0 Å². The molecular weight excluding hydrogens is 425 g/mol. The van der Waals surface area contributed by atoms with E-state index in [0.717, 1.165) is 12.0 Å². The van der Waals surface area contributed by atoms with Crippen molar-refractivity contribution in [1.29, 1.82) is 0 Å². The minimum atomic E-state index is -0.517. The molecule has 5 heteroatoms. The van der Waals surface area contributed by atoms with Crippen LogP contribution in [-0.2, 0) is 12.8 Å². The molecule has 0 fully saturated rings. The van der Waals surface area contributed by atoms with Crippen LogP contribution in [-0.4, -0.2) is 5.33 Å². The Bertz CT molecular complexity index is 614. The molecule has 0 saturated carbocycles. The van der Waals surface area contributed by atoms with Crippen molar-refractivity contribution in [2.75, 3.05) is 5.33 Å². The van der Waals surface area contributed by atoms with E-state index in [2.05, 4.69) is 31.9 Å². The second-order valence-corrected chi connectivity index (χ2v) is 6.82. The lowest BCUT2D eigenvalue weighted by atomic mass is 9.93. The predicted octanol–water partition coefficient (Wildman–Crippen LogP) is 6.18. The molecule has 0 heterocycles. The van der Waals surface area contributed by atoms with Gasteiger partial charge in [-0.25, -0.2) is 8.78 Å². The maximum atomic E-state index is 14.0. The zero-order valence-corrected chi connectivity index (χ0v) is 15.0. The molecule has 0 bridgehead atoms. The van der Waals surface area contributed by atoms with E-state index in [9.17, 15) is 8.78 Å². The first kappa shape index (κ1) is 16.9. The maximum Gasteiger partial charge on any atom is 0.143 e. The molecule has 0 nitrogen and oxygen atoms in total. The number of halogens is 5. The minimum Gasteiger partial charge on any atom is -0.207 e. The maximum absolute atomic E-state index is 14.0. The topological polar surface area (TPSA) is 0 Å². The molecule has 112 valence electrons. The van der Waals surface area contributed by atoms with Crippen LogP contribution in [0.15, 0.2) is 40.9 Å². The molecule has 0 aromatic heterocycles. The summed E-state index contributed by atoms with van der Waals surface area (Å²) in [6.45, 7) is 0. The summed E-state index contributed by atoms with van der Waals surface area (Å²) in [5, 5.41) is 1.35. The first-order valence-corrected chi connectivity index (χ1v) is 8.73. The zero-order valence-electron chi connectivity index (χ0n) is 11.1. The molecule has 0 N–H and O–H groups in total. The van der Waals surface area contributed by atoms with Gasteiger partial charge in [-0.1, -0.05) is 39.7 Å². The smallest absolute Gasteiger partial charge is 0.143 e. The van der Waals surface area contributed by atoms with Crippen molar-refractivity contribution >= 4 is 43.5 Å². The Kier molecular flexibility index (Phi) is 6.20. The van der Waals surface area contributed by atoms with Gasteiger partial charge in [0, 0.05) is 15.9 Å². The SMILES string of the molecule is Fc1ccc(Br)c(F)c1CC(CBr)Cc1ccc(Cl)cc1. The van der Waals surface area contributed by atoms with Gasteiger partial charge in [-0.2, -0.15) is 0 Å². The van der Waals surface area contributed by atoms with Crippen LogP contribution in [0.2, 0.25) is 5.02 Å². The van der Waals surface area contributed by atoms with Gasteiger partial charge >= 0.3 is 0 Å². The molecule has 2 rings (SSSR count). The first-order chi connectivity index (χ1) is 10.0. The summed E-state index contributed by atoms with van der Waals surface area (Å²) in [5.74, 6) is -0.917. The van der Waals surface area contributed by atoms with E-state index >= 15 is 0 Å². The Labute approximate surface area is 144 Å². The highest BCUT2D eigenvalue weighted by Crippen LogP contribution is 2.26. The minimum absolute atomic E-state index is 0.101. The van der Waals surface area contributed by atoms with E-state index in [1.807, 2.05) is 24.3 Å². The van der Waals surface area contributed by atoms with Crippen LogP contribution in [0.3, 0.4) is 0 Å². The Morgan fingerprint density at radius 2 is 1.67 bits per heavy atom. The Morgan fingerprint density at radius 3 is 2.29 bits per heavy atom. The summed E-state index contributed by atoms with van der Waals surface area (Å²) in [7, 11) is 0. The second kappa shape index (κ2) is 7.70. The van der Waals surface area contributed by atoms with Gasteiger partial charge in [-0.3, -0.25) is 0 Å². The molecule has 1 unspecified atom stereocenters. The molecule has 2 aromatic rings. The van der Waals surface area contributed by atoms with Gasteiger partial charge in [0.1, 0.15) is 11.6 Å². The molecule has 1 atom stereocenters. The summed E-state index contributed by atoms with van der Waals surface area (Å²) in [6, 6.07) is 10.2. The predicted molar refractivity (Wildman–Crippen MR) is 90.2 cm³/mol. The van der Waals surface area contributed by atoms with Crippen molar-refractivity contribution in [1.82, 2.24) is 0 Å². The molecule has 0 saturated heterocycles. The molecule has 0 aliphatic carbocycles. The average Bonchev–Trinajstić information content (AvgIpc) is 2.48. The van der Waals surface area contributed by atoms with Crippen LogP contribution in [0.4, 0.5) is 8.78 Å². The number of hydrogen-bond donors (Lipinski definition) is 0. The summed E-state index contributed by atoms with van der Waals surface area (Å²) in [5.41, 5.74) is 1.22. The molecular formula is C16H13Br2ClF2. The largest absolute Gasteiger partial charge is 0.207 e. The molecule has 0 aliphatic rings. The Morgan fingerprint density at radius 1 is 1.00 bits per heavy atom. The van der Waals surface area contributed by atoms with Crippen LogP contribution in [0.1, 0.15) is 11.1 Å². The summed E-state index contributed by atoms with van der Waals surface area (Å²) < 4.78 is 28.1. The Hall–Kier alpha value is -0.450. The van der Waals surface area contributed by atoms with Crippen molar-refractivity contribution in [2.24, 2.45) is 5.92 Å². The first-order valence-electron chi connectivity index (χ1n) is 6.44. The number of alkyl halides is 1. The lowest BCUT2D eigenvalue weighted by Crippen LogP contribution is -2.12. The quantitative estimate of drug-likeness (QED) is 0.386. The van der Waals surface area contributed by atoms with Crippen molar-refractivity contribution in [3.05, 3.63) is 68.7 Å². The van der Waals surface area contributed by atoms with Crippen molar-refractivity contribution in [3.8, 4) is 0 Å². The number of benzene rings is 2. The van der Waals surface area contributed by atoms with Gasteiger partial charge < -0.3 is 0 Å². The molecule has 0 radical (unpaired) electrons. The highest BCUT2D eigenvalue weighted by molar-refractivity contribution is 9.10. The lowest BCUT2D eigenvalue weighted by molar-refractivity contribution is 0.508. The van der Waals surface area contributed by atoms with Gasteiger partial charge in [-0.15, -0.1) is 0 Å². The monoisotopic (exact) mass is 436 g/mol. The third-order valence-electron chi connectivity index (χ3n) is 3.29. The van der Waals surface area contributed by atoms with Crippen molar-refractivity contribution in [2.45, 2.75) is 12.8 Å².